The number of benzene rings is 1. The SMILES string of the molecule is Cc1ncc(-c2cc(OC3CC3)cc(C3(c4ccnc(C(F)F)c4)N=C(N)N(C)C3=O)c2)cn1. The fourth-order valence-corrected chi connectivity index (χ4v) is 3.94. The molecule has 0 saturated heterocycles. The van der Waals surface area contributed by atoms with Crippen molar-refractivity contribution in [1.29, 1.82) is 0 Å². The first-order valence-corrected chi connectivity index (χ1v) is 10.8. The Bertz CT molecular complexity index is 1290. The number of rotatable bonds is 6. The molecule has 1 atom stereocenters. The Balaban J connectivity index is 1.74. The van der Waals surface area contributed by atoms with Crippen LogP contribution in [0.25, 0.3) is 11.1 Å². The standard InChI is InChI=1S/C24H22F2N6O2/c1-13-29-11-15(12-30-13)14-7-17(9-19(8-14)34-18-3-4-18)24(22(33)32(2)23(27)31-24)16-5-6-28-20(10-16)21(25)26/h5-12,18,21H,3-4H2,1-2H3,(H2,27,31). The van der Waals surface area contributed by atoms with E-state index in [9.17, 15) is 13.6 Å². The number of carbonyl (C=O) groups excluding carboxylic acids is 1. The second-order valence-electron chi connectivity index (χ2n) is 8.40. The van der Waals surface area contributed by atoms with E-state index in [0.717, 1.165) is 12.8 Å². The number of amides is 1. The van der Waals surface area contributed by atoms with Crippen LogP contribution in [0.2, 0.25) is 0 Å². The van der Waals surface area contributed by atoms with Crippen molar-refractivity contribution in [3.05, 3.63) is 71.6 Å². The average Bonchev–Trinajstić information content (AvgIpc) is 3.62. The van der Waals surface area contributed by atoms with Gasteiger partial charge in [-0.15, -0.1) is 0 Å². The van der Waals surface area contributed by atoms with Crippen LogP contribution in [0.5, 0.6) is 5.75 Å². The molecule has 0 radical (unpaired) electrons. The van der Waals surface area contributed by atoms with E-state index in [2.05, 4.69) is 19.9 Å². The number of aryl methyl sites for hydroxylation is 1. The van der Waals surface area contributed by atoms with Crippen LogP contribution in [-0.4, -0.2) is 44.9 Å². The Hall–Kier alpha value is -3.95. The van der Waals surface area contributed by atoms with E-state index < -0.39 is 23.6 Å². The van der Waals surface area contributed by atoms with Gasteiger partial charge in [-0.25, -0.2) is 23.7 Å². The fraction of sp³-hybridized carbons (Fsp3) is 0.292. The maximum atomic E-state index is 13.6. The topological polar surface area (TPSA) is 107 Å². The Labute approximate surface area is 194 Å². The molecule has 3 heterocycles. The third kappa shape index (κ3) is 3.74. The minimum atomic E-state index is -2.81. The number of hydrogen-bond acceptors (Lipinski definition) is 7. The summed E-state index contributed by atoms with van der Waals surface area (Å²) in [5.74, 6) is 0.668. The third-order valence-electron chi connectivity index (χ3n) is 5.93. The Morgan fingerprint density at radius 3 is 2.44 bits per heavy atom. The summed E-state index contributed by atoms with van der Waals surface area (Å²) >= 11 is 0. The predicted molar refractivity (Wildman–Crippen MR) is 120 cm³/mol. The van der Waals surface area contributed by atoms with Gasteiger partial charge in [-0.1, -0.05) is 0 Å². The number of aromatic nitrogens is 3. The van der Waals surface area contributed by atoms with Crippen molar-refractivity contribution in [1.82, 2.24) is 19.9 Å². The normalized spacial score (nSPS) is 20.1. The van der Waals surface area contributed by atoms with Gasteiger partial charge in [-0.2, -0.15) is 0 Å². The first-order valence-electron chi connectivity index (χ1n) is 10.8. The minimum absolute atomic E-state index is 0.0193. The highest BCUT2D eigenvalue weighted by atomic mass is 19.3. The van der Waals surface area contributed by atoms with Crippen molar-refractivity contribution in [2.45, 2.75) is 37.8 Å². The van der Waals surface area contributed by atoms with E-state index in [4.69, 9.17) is 10.5 Å². The van der Waals surface area contributed by atoms with Crippen LogP contribution in [0.3, 0.4) is 0 Å². The van der Waals surface area contributed by atoms with E-state index >= 15 is 0 Å². The smallest absolute Gasteiger partial charge is 0.280 e. The van der Waals surface area contributed by atoms with E-state index in [1.165, 1.54) is 30.3 Å². The molecular formula is C24H22F2N6O2. The quantitative estimate of drug-likeness (QED) is 0.600. The van der Waals surface area contributed by atoms with Crippen LogP contribution < -0.4 is 10.5 Å². The fourth-order valence-electron chi connectivity index (χ4n) is 3.94. The molecule has 34 heavy (non-hydrogen) atoms. The Morgan fingerprint density at radius 2 is 1.82 bits per heavy atom. The molecule has 5 rings (SSSR count). The monoisotopic (exact) mass is 464 g/mol. The predicted octanol–water partition coefficient (Wildman–Crippen LogP) is 3.36. The van der Waals surface area contributed by atoms with Gasteiger partial charge in [0.15, 0.2) is 11.5 Å². The van der Waals surface area contributed by atoms with E-state index in [-0.39, 0.29) is 17.6 Å². The van der Waals surface area contributed by atoms with Gasteiger partial charge in [0.1, 0.15) is 17.3 Å². The number of carbonyl (C=O) groups is 1. The van der Waals surface area contributed by atoms with E-state index in [0.29, 0.717) is 28.3 Å². The van der Waals surface area contributed by atoms with Gasteiger partial charge < -0.3 is 10.5 Å². The lowest BCUT2D eigenvalue weighted by atomic mass is 9.81. The molecule has 2 aliphatic rings. The Kier molecular flexibility index (Phi) is 5.22. The summed E-state index contributed by atoms with van der Waals surface area (Å²) < 4.78 is 33.0. The number of nitrogens with two attached hydrogens (primary N) is 1. The highest BCUT2D eigenvalue weighted by molar-refractivity contribution is 6.09. The number of likely N-dealkylation sites (N-methyl/N-ethyl adjacent to an activating group) is 1. The maximum absolute atomic E-state index is 13.6. The number of halogens is 2. The van der Waals surface area contributed by atoms with Gasteiger partial charge in [0.2, 0.25) is 0 Å². The first kappa shape index (κ1) is 21.9. The molecule has 1 aliphatic heterocycles. The second kappa shape index (κ2) is 8.12. The van der Waals surface area contributed by atoms with Crippen LogP contribution >= 0.6 is 0 Å². The van der Waals surface area contributed by atoms with Crippen LogP contribution in [0.4, 0.5) is 8.78 Å². The van der Waals surface area contributed by atoms with Crippen molar-refractivity contribution in [3.63, 3.8) is 0 Å². The lowest BCUT2D eigenvalue weighted by Gasteiger charge is -2.27. The molecule has 174 valence electrons. The van der Waals surface area contributed by atoms with Gasteiger partial charge in [0, 0.05) is 31.2 Å². The molecule has 1 amide bonds. The van der Waals surface area contributed by atoms with Gasteiger partial charge in [0.25, 0.3) is 12.3 Å². The van der Waals surface area contributed by atoms with Gasteiger partial charge in [-0.05, 0) is 66.8 Å². The number of ether oxygens (including phenoxy) is 1. The van der Waals surface area contributed by atoms with Gasteiger partial charge >= 0.3 is 0 Å². The summed E-state index contributed by atoms with van der Waals surface area (Å²) in [7, 11) is 1.50. The number of hydrogen-bond donors (Lipinski definition) is 1. The number of aliphatic imine (C=N–C) groups is 1. The molecule has 3 aromatic rings. The zero-order valence-corrected chi connectivity index (χ0v) is 18.6. The molecule has 1 aromatic carbocycles. The maximum Gasteiger partial charge on any atom is 0.280 e. The van der Waals surface area contributed by atoms with E-state index in [1.54, 1.807) is 31.5 Å². The number of pyridine rings is 1. The molecule has 0 bridgehead atoms. The first-order chi connectivity index (χ1) is 16.3. The molecule has 1 fully saturated rings. The van der Waals surface area contributed by atoms with Crippen molar-refractivity contribution in [2.24, 2.45) is 10.7 Å². The highest BCUT2D eigenvalue weighted by Gasteiger charge is 2.50. The molecule has 1 unspecified atom stereocenters. The molecular weight excluding hydrogens is 442 g/mol. The van der Waals surface area contributed by atoms with Gasteiger partial charge in [0.05, 0.1) is 6.10 Å². The number of guanidine groups is 1. The lowest BCUT2D eigenvalue weighted by Crippen LogP contribution is -2.41. The van der Waals surface area contributed by atoms with Crippen molar-refractivity contribution < 1.29 is 18.3 Å². The van der Waals surface area contributed by atoms with E-state index in [1.807, 2.05) is 6.07 Å². The summed E-state index contributed by atoms with van der Waals surface area (Å²) in [5.41, 5.74) is 6.01. The van der Waals surface area contributed by atoms with Crippen LogP contribution in [-0.2, 0) is 10.3 Å². The number of nitrogens with zero attached hydrogens (tertiary/aromatic N) is 5. The second-order valence-corrected chi connectivity index (χ2v) is 8.40. The lowest BCUT2D eigenvalue weighted by molar-refractivity contribution is -0.129. The largest absolute Gasteiger partial charge is 0.490 e. The summed E-state index contributed by atoms with van der Waals surface area (Å²) in [4.78, 5) is 31.6. The van der Waals surface area contributed by atoms with Crippen LogP contribution in [0, 0.1) is 6.92 Å². The summed E-state index contributed by atoms with van der Waals surface area (Å²) in [5, 5.41) is 0. The van der Waals surface area contributed by atoms with Crippen molar-refractivity contribution in [3.8, 4) is 16.9 Å². The molecule has 2 aromatic heterocycles. The molecule has 8 nitrogen and oxygen atoms in total. The third-order valence-corrected chi connectivity index (χ3v) is 5.93. The minimum Gasteiger partial charge on any atom is -0.490 e. The summed E-state index contributed by atoms with van der Waals surface area (Å²) in [6.45, 7) is 1.78. The zero-order valence-electron chi connectivity index (χ0n) is 18.6. The number of alkyl halides is 2. The van der Waals surface area contributed by atoms with Crippen molar-refractivity contribution >= 4 is 11.9 Å². The molecule has 0 spiro atoms. The summed E-state index contributed by atoms with van der Waals surface area (Å²) in [6.07, 6.45) is 3.76. The zero-order chi connectivity index (χ0) is 24.0. The Morgan fingerprint density at radius 1 is 1.09 bits per heavy atom. The van der Waals surface area contributed by atoms with Crippen LogP contribution in [0.15, 0.2) is 53.9 Å². The average molecular weight is 464 g/mol. The highest BCUT2D eigenvalue weighted by Crippen LogP contribution is 2.43. The molecule has 2 N–H and O–H groups in total. The van der Waals surface area contributed by atoms with Crippen molar-refractivity contribution in [2.75, 3.05) is 7.05 Å². The molecule has 1 aliphatic carbocycles. The molecule has 10 heteroatoms. The van der Waals surface area contributed by atoms with Crippen LogP contribution in [0.1, 0.15) is 41.9 Å². The molecule has 1 saturated carbocycles. The van der Waals surface area contributed by atoms with Gasteiger partial charge in [-0.3, -0.25) is 14.7 Å². The summed E-state index contributed by atoms with van der Waals surface area (Å²) in [6, 6.07) is 8.03.